The lowest BCUT2D eigenvalue weighted by Gasteiger charge is -2.17. The van der Waals surface area contributed by atoms with Gasteiger partial charge in [-0.1, -0.05) is 19.1 Å². The molecule has 1 N–H and O–H groups in total. The topological polar surface area (TPSA) is 34.4 Å². The highest BCUT2D eigenvalue weighted by Crippen LogP contribution is 2.25. The van der Waals surface area contributed by atoms with E-state index in [1.165, 1.54) is 11.1 Å². The third kappa shape index (κ3) is 4.11. The molecule has 114 valence electrons. The fourth-order valence-corrected chi connectivity index (χ4v) is 2.71. The van der Waals surface area contributed by atoms with Gasteiger partial charge in [0.25, 0.3) is 0 Å². The molecule has 2 aromatic rings. The highest BCUT2D eigenvalue weighted by Gasteiger charge is 2.16. The molecule has 1 heterocycles. The minimum Gasteiger partial charge on any atom is -0.497 e. The van der Waals surface area contributed by atoms with Crippen LogP contribution in [0.4, 0.5) is 0 Å². The number of rotatable bonds is 7. The molecule has 0 saturated heterocycles. The number of hydrogen-bond acceptors (Lipinski definition) is 3. The van der Waals surface area contributed by atoms with Crippen LogP contribution in [0.5, 0.6) is 5.75 Å². The molecule has 0 saturated carbocycles. The molecule has 0 spiro atoms. The van der Waals surface area contributed by atoms with Crippen LogP contribution in [0.15, 0.2) is 34.7 Å². The quantitative estimate of drug-likeness (QED) is 0.829. The molecule has 0 aliphatic heterocycles. The van der Waals surface area contributed by atoms with E-state index in [4.69, 9.17) is 9.15 Å². The molecule has 0 bridgehead atoms. The van der Waals surface area contributed by atoms with Crippen molar-refractivity contribution in [1.82, 2.24) is 5.32 Å². The van der Waals surface area contributed by atoms with Gasteiger partial charge in [0.1, 0.15) is 17.3 Å². The second-order valence-corrected chi connectivity index (χ2v) is 5.37. The summed E-state index contributed by atoms with van der Waals surface area (Å²) < 4.78 is 10.9. The molecule has 1 aromatic carbocycles. The maximum absolute atomic E-state index is 5.67. The molecule has 21 heavy (non-hydrogen) atoms. The number of aryl methyl sites for hydroxylation is 3. The van der Waals surface area contributed by atoms with Crippen LogP contribution in [0.3, 0.4) is 0 Å². The Bertz CT molecular complexity index is 557. The fourth-order valence-electron chi connectivity index (χ4n) is 2.71. The zero-order chi connectivity index (χ0) is 15.2. The van der Waals surface area contributed by atoms with Crippen molar-refractivity contribution in [2.75, 3.05) is 13.7 Å². The van der Waals surface area contributed by atoms with Crippen molar-refractivity contribution in [1.29, 1.82) is 0 Å². The van der Waals surface area contributed by atoms with Gasteiger partial charge in [-0.15, -0.1) is 0 Å². The molecular weight excluding hydrogens is 262 g/mol. The van der Waals surface area contributed by atoms with Gasteiger partial charge in [-0.05, 0) is 57.0 Å². The van der Waals surface area contributed by atoms with Gasteiger partial charge in [0.05, 0.1) is 7.11 Å². The maximum atomic E-state index is 5.67. The van der Waals surface area contributed by atoms with Crippen molar-refractivity contribution in [3.63, 3.8) is 0 Å². The van der Waals surface area contributed by atoms with Crippen molar-refractivity contribution in [3.05, 3.63) is 53.0 Å². The Morgan fingerprint density at radius 2 is 1.90 bits per heavy atom. The van der Waals surface area contributed by atoms with Crippen LogP contribution in [-0.4, -0.2) is 13.7 Å². The number of hydrogen-bond donors (Lipinski definition) is 1. The first-order valence-electron chi connectivity index (χ1n) is 7.57. The molecule has 1 atom stereocenters. The highest BCUT2D eigenvalue weighted by molar-refractivity contribution is 5.28. The van der Waals surface area contributed by atoms with Crippen molar-refractivity contribution >= 4 is 0 Å². The summed E-state index contributed by atoms with van der Waals surface area (Å²) in [5.74, 6) is 2.91. The van der Waals surface area contributed by atoms with Crippen LogP contribution < -0.4 is 10.1 Å². The van der Waals surface area contributed by atoms with E-state index in [1.807, 2.05) is 26.0 Å². The third-order valence-electron chi connectivity index (χ3n) is 3.79. The number of nitrogens with one attached hydrogen (secondary N) is 1. The molecular formula is C18H25NO2. The van der Waals surface area contributed by atoms with Gasteiger partial charge in [0, 0.05) is 11.6 Å². The van der Waals surface area contributed by atoms with E-state index in [9.17, 15) is 0 Å². The van der Waals surface area contributed by atoms with E-state index < -0.39 is 0 Å². The molecule has 1 unspecified atom stereocenters. The number of ether oxygens (including phenoxy) is 1. The molecule has 0 aliphatic rings. The second-order valence-electron chi connectivity index (χ2n) is 5.37. The molecule has 0 radical (unpaired) electrons. The Labute approximate surface area is 127 Å². The summed E-state index contributed by atoms with van der Waals surface area (Å²) in [6.07, 6.45) is 2.09. The first-order valence-corrected chi connectivity index (χ1v) is 7.57. The van der Waals surface area contributed by atoms with E-state index >= 15 is 0 Å². The number of furan rings is 1. The van der Waals surface area contributed by atoms with Crippen molar-refractivity contribution in [3.8, 4) is 5.75 Å². The lowest BCUT2D eigenvalue weighted by atomic mass is 9.99. The normalized spacial score (nSPS) is 12.4. The summed E-state index contributed by atoms with van der Waals surface area (Å²) in [6.45, 7) is 7.14. The smallest absolute Gasteiger partial charge is 0.118 e. The van der Waals surface area contributed by atoms with Crippen molar-refractivity contribution < 1.29 is 9.15 Å². The molecule has 2 rings (SSSR count). The van der Waals surface area contributed by atoms with E-state index in [0.29, 0.717) is 6.04 Å². The van der Waals surface area contributed by atoms with Crippen LogP contribution in [0.2, 0.25) is 0 Å². The summed E-state index contributed by atoms with van der Waals surface area (Å²) in [6, 6.07) is 10.8. The Kier molecular flexibility index (Phi) is 5.45. The van der Waals surface area contributed by atoms with Gasteiger partial charge in [0.15, 0.2) is 0 Å². The van der Waals surface area contributed by atoms with E-state index in [0.717, 1.165) is 36.7 Å². The van der Waals surface area contributed by atoms with Gasteiger partial charge in [-0.2, -0.15) is 0 Å². The molecule has 3 nitrogen and oxygen atoms in total. The largest absolute Gasteiger partial charge is 0.497 e. The second kappa shape index (κ2) is 7.32. The Balaban J connectivity index is 2.04. The summed E-state index contributed by atoms with van der Waals surface area (Å²) in [4.78, 5) is 0. The lowest BCUT2D eigenvalue weighted by molar-refractivity contribution is 0.414. The average Bonchev–Trinajstić information content (AvgIpc) is 2.82. The predicted octanol–water partition coefficient (Wildman–Crippen LogP) is 4.19. The SMILES string of the molecule is CCNC(CCc1ccc(OC)cc1)c1cc(C)oc1C. The summed E-state index contributed by atoms with van der Waals surface area (Å²) in [5.41, 5.74) is 2.61. The minimum absolute atomic E-state index is 0.342. The molecule has 1 aromatic heterocycles. The third-order valence-corrected chi connectivity index (χ3v) is 3.79. The Hall–Kier alpha value is -1.74. The van der Waals surface area contributed by atoms with E-state index in [1.54, 1.807) is 7.11 Å². The minimum atomic E-state index is 0.342. The first kappa shape index (κ1) is 15.6. The molecule has 0 fully saturated rings. The lowest BCUT2D eigenvalue weighted by Crippen LogP contribution is -2.21. The first-order chi connectivity index (χ1) is 10.1. The molecule has 0 aliphatic carbocycles. The van der Waals surface area contributed by atoms with Gasteiger partial charge in [-0.3, -0.25) is 0 Å². The monoisotopic (exact) mass is 287 g/mol. The van der Waals surface area contributed by atoms with Crippen LogP contribution in [0.1, 0.15) is 42.0 Å². The molecule has 3 heteroatoms. The summed E-state index contributed by atoms with van der Waals surface area (Å²) >= 11 is 0. The standard InChI is InChI=1S/C18H25NO2/c1-5-19-18(17-12-13(2)21-14(17)3)11-8-15-6-9-16(20-4)10-7-15/h6-7,9-10,12,18-19H,5,8,11H2,1-4H3. The predicted molar refractivity (Wildman–Crippen MR) is 85.9 cm³/mol. The van der Waals surface area contributed by atoms with Crippen LogP contribution >= 0.6 is 0 Å². The van der Waals surface area contributed by atoms with Crippen molar-refractivity contribution in [2.24, 2.45) is 0 Å². The Morgan fingerprint density at radius 3 is 2.43 bits per heavy atom. The molecule has 0 amide bonds. The maximum Gasteiger partial charge on any atom is 0.118 e. The highest BCUT2D eigenvalue weighted by atomic mass is 16.5. The van der Waals surface area contributed by atoms with Gasteiger partial charge >= 0.3 is 0 Å². The van der Waals surface area contributed by atoms with Crippen LogP contribution in [0.25, 0.3) is 0 Å². The van der Waals surface area contributed by atoms with Gasteiger partial charge < -0.3 is 14.5 Å². The zero-order valence-electron chi connectivity index (χ0n) is 13.4. The number of benzene rings is 1. The average molecular weight is 287 g/mol. The summed E-state index contributed by atoms with van der Waals surface area (Å²) in [7, 11) is 1.69. The van der Waals surface area contributed by atoms with E-state index in [2.05, 4.69) is 30.4 Å². The van der Waals surface area contributed by atoms with Gasteiger partial charge in [-0.25, -0.2) is 0 Å². The van der Waals surface area contributed by atoms with Gasteiger partial charge in [0.2, 0.25) is 0 Å². The van der Waals surface area contributed by atoms with Crippen molar-refractivity contribution in [2.45, 2.75) is 39.7 Å². The van der Waals surface area contributed by atoms with E-state index in [-0.39, 0.29) is 0 Å². The summed E-state index contributed by atoms with van der Waals surface area (Å²) in [5, 5.41) is 3.56. The van der Waals surface area contributed by atoms with Crippen LogP contribution in [-0.2, 0) is 6.42 Å². The zero-order valence-corrected chi connectivity index (χ0v) is 13.4. The number of methoxy groups -OCH3 is 1. The fraction of sp³-hybridized carbons (Fsp3) is 0.444. The Morgan fingerprint density at radius 1 is 1.19 bits per heavy atom. The van der Waals surface area contributed by atoms with Crippen LogP contribution in [0, 0.1) is 13.8 Å².